The van der Waals surface area contributed by atoms with Crippen LogP contribution in [0.25, 0.3) is 22.3 Å². The van der Waals surface area contributed by atoms with Crippen molar-refractivity contribution in [2.45, 2.75) is 13.8 Å². The number of rotatable bonds is 3. The largest absolute Gasteiger partial charge is 0.452 e. The third-order valence-corrected chi connectivity index (χ3v) is 4.81. The minimum Gasteiger partial charge on any atom is -0.452 e. The number of esters is 1. The molecular weight excluding hydrogens is 388 g/mol. The average molecular weight is 405 g/mol. The highest BCUT2D eigenvalue weighted by Crippen LogP contribution is 2.32. The highest BCUT2D eigenvalue weighted by molar-refractivity contribution is 6.30. The first kappa shape index (κ1) is 19.0. The second-order valence-electron chi connectivity index (χ2n) is 6.85. The summed E-state index contributed by atoms with van der Waals surface area (Å²) in [5.74, 6) is -0.613. The van der Waals surface area contributed by atoms with Crippen molar-refractivity contribution in [3.8, 4) is 17.1 Å². The zero-order valence-electron chi connectivity index (χ0n) is 15.9. The normalized spacial score (nSPS) is 10.9. The highest BCUT2D eigenvalue weighted by atomic mass is 35.5. The van der Waals surface area contributed by atoms with E-state index in [0.717, 1.165) is 11.1 Å². The van der Waals surface area contributed by atoms with Gasteiger partial charge in [-0.3, -0.25) is 4.79 Å². The molecule has 0 radical (unpaired) electrons. The van der Waals surface area contributed by atoms with Crippen molar-refractivity contribution < 1.29 is 13.9 Å². The Morgan fingerprint density at radius 2 is 1.66 bits per heavy atom. The third-order valence-electron chi connectivity index (χ3n) is 4.58. The Labute approximate surface area is 172 Å². The number of carbonyl (C=O) groups excluding carboxylic acids is 1. The van der Waals surface area contributed by atoms with E-state index >= 15 is 0 Å². The molecule has 0 N–H and O–H groups in total. The number of benzene rings is 3. The zero-order chi connectivity index (χ0) is 20.5. The van der Waals surface area contributed by atoms with Crippen LogP contribution in [0.3, 0.4) is 0 Å². The fraction of sp³-hybridized carbons (Fsp3) is 0.0833. The summed E-state index contributed by atoms with van der Waals surface area (Å²) in [7, 11) is 0. The SMILES string of the molecule is Cc1ccc(-c2oc3cc(C)ccc3c(=O)c2OC(=O)c2cccc(Cl)c2)cc1. The molecule has 0 atom stereocenters. The Bertz CT molecular complexity index is 1290. The van der Waals surface area contributed by atoms with Crippen LogP contribution in [0.1, 0.15) is 21.5 Å². The maximum absolute atomic E-state index is 13.2. The predicted molar refractivity (Wildman–Crippen MR) is 114 cm³/mol. The molecule has 1 aromatic heterocycles. The van der Waals surface area contributed by atoms with Crippen molar-refractivity contribution in [3.05, 3.63) is 98.7 Å². The molecule has 4 nitrogen and oxygen atoms in total. The first-order valence-corrected chi connectivity index (χ1v) is 9.42. The monoisotopic (exact) mass is 404 g/mol. The Morgan fingerprint density at radius 1 is 0.931 bits per heavy atom. The van der Waals surface area contributed by atoms with Gasteiger partial charge in [-0.15, -0.1) is 0 Å². The second kappa shape index (κ2) is 7.57. The number of halogens is 1. The molecule has 0 aliphatic rings. The Hall–Kier alpha value is -3.37. The summed E-state index contributed by atoms with van der Waals surface area (Å²) in [5.41, 5.74) is 2.94. The first-order valence-electron chi connectivity index (χ1n) is 9.04. The molecule has 3 aromatic carbocycles. The topological polar surface area (TPSA) is 56.5 Å². The van der Waals surface area contributed by atoms with E-state index in [1.165, 1.54) is 6.07 Å². The fourth-order valence-corrected chi connectivity index (χ4v) is 3.23. The van der Waals surface area contributed by atoms with E-state index in [1.807, 2.05) is 44.2 Å². The third kappa shape index (κ3) is 3.80. The molecule has 144 valence electrons. The van der Waals surface area contributed by atoms with Gasteiger partial charge in [0.1, 0.15) is 5.58 Å². The van der Waals surface area contributed by atoms with Gasteiger partial charge in [-0.05, 0) is 49.7 Å². The van der Waals surface area contributed by atoms with Crippen molar-refractivity contribution in [1.82, 2.24) is 0 Å². The number of hydrogen-bond acceptors (Lipinski definition) is 4. The maximum Gasteiger partial charge on any atom is 0.343 e. The molecule has 0 unspecified atom stereocenters. The van der Waals surface area contributed by atoms with E-state index < -0.39 is 11.4 Å². The molecule has 0 spiro atoms. The fourth-order valence-electron chi connectivity index (χ4n) is 3.04. The van der Waals surface area contributed by atoms with Crippen molar-refractivity contribution in [2.75, 3.05) is 0 Å². The molecule has 5 heteroatoms. The smallest absolute Gasteiger partial charge is 0.343 e. The lowest BCUT2D eigenvalue weighted by atomic mass is 10.1. The van der Waals surface area contributed by atoms with Gasteiger partial charge in [0.2, 0.25) is 11.2 Å². The standard InChI is InChI=1S/C24H17ClO4/c1-14-6-9-16(10-7-14)22-23(29-24(27)17-4-3-5-18(25)13-17)21(26)19-11-8-15(2)12-20(19)28-22/h3-13H,1-2H3. The minimum absolute atomic E-state index is 0.143. The van der Waals surface area contributed by atoms with Gasteiger partial charge in [0.05, 0.1) is 10.9 Å². The van der Waals surface area contributed by atoms with Gasteiger partial charge in [0, 0.05) is 10.6 Å². The van der Waals surface area contributed by atoms with Crippen LogP contribution < -0.4 is 10.2 Å². The summed E-state index contributed by atoms with van der Waals surface area (Å²) < 4.78 is 11.6. The Morgan fingerprint density at radius 3 is 2.38 bits per heavy atom. The number of carbonyl (C=O) groups is 1. The quantitative estimate of drug-likeness (QED) is 0.396. The lowest BCUT2D eigenvalue weighted by Crippen LogP contribution is -2.16. The van der Waals surface area contributed by atoms with Gasteiger partial charge in [0.15, 0.2) is 5.76 Å². The van der Waals surface area contributed by atoms with E-state index in [9.17, 15) is 9.59 Å². The number of ether oxygens (including phenoxy) is 1. The van der Waals surface area contributed by atoms with Crippen molar-refractivity contribution >= 4 is 28.5 Å². The summed E-state index contributed by atoms with van der Waals surface area (Å²) >= 11 is 5.97. The first-order chi connectivity index (χ1) is 13.9. The van der Waals surface area contributed by atoms with Gasteiger partial charge >= 0.3 is 5.97 Å². The second-order valence-corrected chi connectivity index (χ2v) is 7.29. The highest BCUT2D eigenvalue weighted by Gasteiger charge is 2.21. The molecular formula is C24H17ClO4. The minimum atomic E-state index is -0.681. The van der Waals surface area contributed by atoms with E-state index in [-0.39, 0.29) is 17.1 Å². The van der Waals surface area contributed by atoms with Gasteiger partial charge in [-0.25, -0.2) is 4.79 Å². The van der Waals surface area contributed by atoms with E-state index in [2.05, 4.69) is 0 Å². The van der Waals surface area contributed by atoms with Crippen molar-refractivity contribution in [3.63, 3.8) is 0 Å². The number of fused-ring (bicyclic) bond motifs is 1. The molecule has 1 heterocycles. The summed E-state index contributed by atoms with van der Waals surface area (Å²) in [5, 5.41) is 0.750. The molecule has 0 saturated carbocycles. The predicted octanol–water partition coefficient (Wildman–Crippen LogP) is 5.95. The van der Waals surface area contributed by atoms with Crippen LogP contribution in [0.4, 0.5) is 0 Å². The van der Waals surface area contributed by atoms with Crippen molar-refractivity contribution in [1.29, 1.82) is 0 Å². The average Bonchev–Trinajstić information content (AvgIpc) is 2.70. The van der Waals surface area contributed by atoms with Gasteiger partial charge in [-0.2, -0.15) is 0 Å². The molecule has 0 bridgehead atoms. The molecule has 0 aliphatic heterocycles. The zero-order valence-corrected chi connectivity index (χ0v) is 16.6. The van der Waals surface area contributed by atoms with Gasteiger partial charge in [0.25, 0.3) is 0 Å². The van der Waals surface area contributed by atoms with Crippen LogP contribution in [-0.4, -0.2) is 5.97 Å². The summed E-state index contributed by atoms with van der Waals surface area (Å²) in [6, 6.07) is 19.1. The van der Waals surface area contributed by atoms with Crippen LogP contribution in [0.2, 0.25) is 5.02 Å². The van der Waals surface area contributed by atoms with Crippen LogP contribution in [0.15, 0.2) is 75.9 Å². The molecule has 0 aliphatic carbocycles. The molecule has 0 amide bonds. The van der Waals surface area contributed by atoms with Crippen LogP contribution in [0.5, 0.6) is 5.75 Å². The lowest BCUT2D eigenvalue weighted by molar-refractivity contribution is 0.0731. The van der Waals surface area contributed by atoms with E-state index in [1.54, 1.807) is 30.3 Å². The van der Waals surface area contributed by atoms with Crippen LogP contribution >= 0.6 is 11.6 Å². The number of aryl methyl sites for hydroxylation is 2. The Balaban J connectivity index is 1.90. The molecule has 0 saturated heterocycles. The van der Waals surface area contributed by atoms with E-state index in [0.29, 0.717) is 21.6 Å². The van der Waals surface area contributed by atoms with Crippen molar-refractivity contribution in [2.24, 2.45) is 0 Å². The molecule has 4 aromatic rings. The van der Waals surface area contributed by atoms with E-state index in [4.69, 9.17) is 20.8 Å². The van der Waals surface area contributed by atoms with Gasteiger partial charge < -0.3 is 9.15 Å². The lowest BCUT2D eigenvalue weighted by Gasteiger charge is -2.11. The van der Waals surface area contributed by atoms with Crippen LogP contribution in [0, 0.1) is 13.8 Å². The Kier molecular flexibility index (Phi) is 4.95. The maximum atomic E-state index is 13.2. The molecule has 0 fully saturated rings. The van der Waals surface area contributed by atoms with Gasteiger partial charge in [-0.1, -0.05) is 53.6 Å². The van der Waals surface area contributed by atoms with Crippen LogP contribution in [-0.2, 0) is 0 Å². The number of hydrogen-bond donors (Lipinski definition) is 0. The summed E-state index contributed by atoms with van der Waals surface area (Å²) in [4.78, 5) is 25.9. The molecule has 4 rings (SSSR count). The molecule has 29 heavy (non-hydrogen) atoms. The summed E-state index contributed by atoms with van der Waals surface area (Å²) in [6.45, 7) is 3.88. The summed E-state index contributed by atoms with van der Waals surface area (Å²) in [6.07, 6.45) is 0.